The Kier molecular flexibility index (Phi) is 23.8. The van der Waals surface area contributed by atoms with Gasteiger partial charge in [0, 0.05) is 13.5 Å². The fourth-order valence-electron chi connectivity index (χ4n) is 4.67. The van der Waals surface area contributed by atoms with Crippen LogP contribution in [-0.4, -0.2) is 77.4 Å². The molecular formula is C39H46NO11P. The number of ketones is 1. The predicted octanol–water partition coefficient (Wildman–Crippen LogP) is 3.19. The van der Waals surface area contributed by atoms with Crippen molar-refractivity contribution < 1.29 is 52.2 Å². The fraction of sp³-hybridized carbons (Fsp3) is 0.564. The minimum atomic E-state index is -5.18. The molecule has 1 heterocycles. The van der Waals surface area contributed by atoms with Gasteiger partial charge >= 0.3 is 13.8 Å². The van der Waals surface area contributed by atoms with Crippen LogP contribution in [0.4, 0.5) is 0 Å². The first kappa shape index (κ1) is 45.5. The van der Waals surface area contributed by atoms with Gasteiger partial charge in [-0.3, -0.25) is 18.9 Å². The van der Waals surface area contributed by atoms with Gasteiger partial charge in [-0.25, -0.2) is 4.57 Å². The van der Waals surface area contributed by atoms with Crippen LogP contribution in [0.5, 0.6) is 0 Å². The Balaban J connectivity index is 3.10. The molecule has 0 unspecified atom stereocenters. The summed E-state index contributed by atoms with van der Waals surface area (Å²) in [6, 6.07) is -1.40. The number of unbranched alkanes of at least 4 members (excludes halogenated alkanes) is 7. The van der Waals surface area contributed by atoms with E-state index in [9.17, 15) is 28.7 Å². The molecule has 13 heteroatoms. The Morgan fingerprint density at radius 2 is 1.40 bits per heavy atom. The van der Waals surface area contributed by atoms with E-state index in [-0.39, 0.29) is 25.7 Å². The SMILES string of the molecule is C#CC#CC#CC#CC#CC#CC#CCC(=O)CC(=O)N[C@H]1[C@@H](OP(=O)(O)O)O[C@H](COC(C)C)[C@@H](OC(C)=O)[C@@H]1OCCCCCCCCCC. The Hall–Kier alpha value is -4.48. The van der Waals surface area contributed by atoms with Gasteiger partial charge in [0.25, 0.3) is 0 Å². The van der Waals surface area contributed by atoms with E-state index in [1.165, 1.54) is 19.8 Å². The van der Waals surface area contributed by atoms with E-state index in [1.807, 2.05) is 0 Å². The third-order valence-electron chi connectivity index (χ3n) is 6.85. The number of rotatable bonds is 20. The molecule has 5 atom stereocenters. The van der Waals surface area contributed by atoms with Crippen LogP contribution in [0.1, 0.15) is 91.9 Å². The standard InChI is InChI=1S/C39H46NO11P/c1-6-8-10-12-14-16-17-18-19-20-21-23-25-27-33(42)29-35(43)40-36-38(47-28-26-24-22-15-13-11-9-7-2)37(49-32(5)41)34(30-48-31(3)4)50-39(36)51-52(44,45)46/h1,31,34,36-39H,7,9,11,13,15,22,24,26-30H2,2-5H3,(H,40,43)(H2,44,45,46)/t34-,36-,37-,38-,39-/m1/s1. The Bertz CT molecular complexity index is 1660. The number of nitrogens with one attached hydrogen (secondary N) is 1. The summed E-state index contributed by atoms with van der Waals surface area (Å²) in [4.78, 5) is 57.3. The summed E-state index contributed by atoms with van der Waals surface area (Å²) in [7, 11) is -5.18. The van der Waals surface area contributed by atoms with Crippen LogP contribution in [0.3, 0.4) is 0 Å². The number of hydrogen-bond donors (Lipinski definition) is 3. The number of terminal acetylenes is 1. The smallest absolute Gasteiger partial charge is 0.457 e. The van der Waals surface area contributed by atoms with E-state index >= 15 is 0 Å². The zero-order chi connectivity index (χ0) is 38.6. The summed E-state index contributed by atoms with van der Waals surface area (Å²) in [5.41, 5.74) is 0. The van der Waals surface area contributed by atoms with E-state index < -0.39 is 62.5 Å². The normalized spacial score (nSPS) is 18.6. The molecule has 0 saturated carbocycles. The predicted molar refractivity (Wildman–Crippen MR) is 192 cm³/mol. The van der Waals surface area contributed by atoms with E-state index in [2.05, 4.69) is 89.2 Å². The average molecular weight is 736 g/mol. The van der Waals surface area contributed by atoms with Crippen molar-refractivity contribution in [1.29, 1.82) is 0 Å². The van der Waals surface area contributed by atoms with Crippen molar-refractivity contribution in [2.75, 3.05) is 13.2 Å². The average Bonchev–Trinajstić information content (AvgIpc) is 3.06. The first-order chi connectivity index (χ1) is 24.9. The van der Waals surface area contributed by atoms with Crippen molar-refractivity contribution in [1.82, 2.24) is 5.32 Å². The number of ether oxygens (including phenoxy) is 4. The lowest BCUT2D eigenvalue weighted by molar-refractivity contribution is -0.266. The lowest BCUT2D eigenvalue weighted by atomic mass is 9.95. The largest absolute Gasteiger partial charge is 0.472 e. The lowest BCUT2D eigenvalue weighted by Gasteiger charge is -2.45. The molecule has 1 saturated heterocycles. The van der Waals surface area contributed by atoms with E-state index in [0.29, 0.717) is 6.42 Å². The number of carbonyl (C=O) groups is 3. The monoisotopic (exact) mass is 735 g/mol. The number of phosphoric ester groups is 1. The molecule has 12 nitrogen and oxygen atoms in total. The molecule has 1 aliphatic rings. The molecule has 3 N–H and O–H groups in total. The molecule has 1 rings (SSSR count). The maximum atomic E-state index is 13.1. The van der Waals surface area contributed by atoms with Gasteiger partial charge in [0.15, 0.2) is 18.2 Å². The Morgan fingerprint density at radius 1 is 0.846 bits per heavy atom. The molecule has 1 amide bonds. The summed E-state index contributed by atoms with van der Waals surface area (Å²) in [5.74, 6) is 29.2. The number of amides is 1. The van der Waals surface area contributed by atoms with Gasteiger partial charge in [0.2, 0.25) is 5.91 Å². The highest BCUT2D eigenvalue weighted by molar-refractivity contribution is 7.46. The van der Waals surface area contributed by atoms with Crippen molar-refractivity contribution in [3.05, 3.63) is 0 Å². The maximum Gasteiger partial charge on any atom is 0.472 e. The van der Waals surface area contributed by atoms with Crippen LogP contribution < -0.4 is 5.32 Å². The van der Waals surface area contributed by atoms with Crippen LogP contribution in [-0.2, 0) is 42.4 Å². The second-order valence-electron chi connectivity index (χ2n) is 11.6. The molecule has 1 aliphatic heterocycles. The van der Waals surface area contributed by atoms with Crippen molar-refractivity contribution in [3.8, 4) is 83.4 Å². The number of phosphoric acid groups is 1. The molecule has 0 bridgehead atoms. The highest BCUT2D eigenvalue weighted by Crippen LogP contribution is 2.41. The second kappa shape index (κ2) is 27.2. The third-order valence-corrected chi connectivity index (χ3v) is 7.33. The molecular weight excluding hydrogens is 689 g/mol. The number of hydrogen-bond acceptors (Lipinski definition) is 9. The quantitative estimate of drug-likeness (QED) is 0.0553. The summed E-state index contributed by atoms with van der Waals surface area (Å²) in [6.45, 7) is 6.90. The molecule has 0 aromatic rings. The summed E-state index contributed by atoms with van der Waals surface area (Å²) >= 11 is 0. The van der Waals surface area contributed by atoms with Gasteiger partial charge in [-0.2, -0.15) is 0 Å². The molecule has 52 heavy (non-hydrogen) atoms. The molecule has 0 spiro atoms. The maximum absolute atomic E-state index is 13.1. The fourth-order valence-corrected chi connectivity index (χ4v) is 5.13. The van der Waals surface area contributed by atoms with Crippen LogP contribution in [0, 0.1) is 83.4 Å². The molecule has 278 valence electrons. The van der Waals surface area contributed by atoms with Gasteiger partial charge in [0.1, 0.15) is 18.2 Å². The summed E-state index contributed by atoms with van der Waals surface area (Å²) in [6.07, 6.45) is 6.76. The molecule has 0 radical (unpaired) electrons. The van der Waals surface area contributed by atoms with Crippen molar-refractivity contribution in [3.63, 3.8) is 0 Å². The highest BCUT2D eigenvalue weighted by Gasteiger charge is 2.51. The Labute approximate surface area is 307 Å². The van der Waals surface area contributed by atoms with E-state index in [0.717, 1.165) is 32.1 Å². The lowest BCUT2D eigenvalue weighted by Crippen LogP contribution is -2.66. The van der Waals surface area contributed by atoms with Crippen molar-refractivity contribution >= 4 is 25.5 Å². The first-order valence-corrected chi connectivity index (χ1v) is 18.4. The molecule has 0 aromatic heterocycles. The molecule has 0 aromatic carbocycles. The molecule has 0 aliphatic carbocycles. The van der Waals surface area contributed by atoms with Crippen LogP contribution >= 0.6 is 7.82 Å². The van der Waals surface area contributed by atoms with Crippen molar-refractivity contribution in [2.45, 2.75) is 129 Å². The summed E-state index contributed by atoms with van der Waals surface area (Å²) in [5, 5.41) is 2.55. The van der Waals surface area contributed by atoms with Gasteiger partial charge in [-0.15, -0.1) is 6.42 Å². The molecule has 1 fully saturated rings. The zero-order valence-corrected chi connectivity index (χ0v) is 30.9. The van der Waals surface area contributed by atoms with E-state index in [4.69, 9.17) is 29.9 Å². The number of Topliss-reactive ketones (excluding diaryl/α,β-unsaturated/α-hetero) is 1. The number of carbonyl (C=O) groups excluding carboxylic acids is 3. The van der Waals surface area contributed by atoms with Gasteiger partial charge in [-0.1, -0.05) is 57.8 Å². The minimum absolute atomic E-state index is 0.147. The topological polar surface area (TPSA) is 167 Å². The van der Waals surface area contributed by atoms with E-state index in [1.54, 1.807) is 13.8 Å². The second-order valence-corrected chi connectivity index (χ2v) is 12.8. The third kappa shape index (κ3) is 22.4. The van der Waals surface area contributed by atoms with Gasteiger partial charge in [-0.05, 0) is 91.3 Å². The summed E-state index contributed by atoms with van der Waals surface area (Å²) < 4.78 is 40.2. The van der Waals surface area contributed by atoms with Gasteiger partial charge in [0.05, 0.1) is 25.6 Å². The highest BCUT2D eigenvalue weighted by atomic mass is 31.2. The van der Waals surface area contributed by atoms with Crippen molar-refractivity contribution in [2.24, 2.45) is 0 Å². The van der Waals surface area contributed by atoms with Crippen LogP contribution in [0.25, 0.3) is 0 Å². The van der Waals surface area contributed by atoms with Crippen LogP contribution in [0.2, 0.25) is 0 Å². The first-order valence-electron chi connectivity index (χ1n) is 16.9. The minimum Gasteiger partial charge on any atom is -0.457 e. The Morgan fingerprint density at radius 3 is 1.94 bits per heavy atom. The van der Waals surface area contributed by atoms with Crippen LogP contribution in [0.15, 0.2) is 0 Å². The van der Waals surface area contributed by atoms with Gasteiger partial charge < -0.3 is 34.1 Å². The number of esters is 1. The zero-order valence-electron chi connectivity index (χ0n) is 30.0.